The number of carbonyl (C=O) groups excluding carboxylic acids is 1. The van der Waals surface area contributed by atoms with Gasteiger partial charge in [0.05, 0.1) is 17.9 Å². The zero-order valence-corrected chi connectivity index (χ0v) is 10.7. The van der Waals surface area contributed by atoms with Crippen LogP contribution in [0.25, 0.3) is 0 Å². The third kappa shape index (κ3) is 3.16. The molecule has 0 aliphatic rings. The third-order valence-electron chi connectivity index (χ3n) is 2.91. The summed E-state index contributed by atoms with van der Waals surface area (Å²) in [6.45, 7) is 3.15. The molecule has 1 heterocycles. The number of carbonyl (C=O) groups is 1. The van der Waals surface area contributed by atoms with E-state index in [9.17, 15) is 9.18 Å². The third-order valence-corrected chi connectivity index (χ3v) is 2.91. The SMILES string of the molecule is CCN(Cc1ccccn1)c1ccc(C=O)cc1F. The number of anilines is 1. The normalized spacial score (nSPS) is 10.2. The van der Waals surface area contributed by atoms with Crippen LogP contribution in [0.2, 0.25) is 0 Å². The van der Waals surface area contributed by atoms with Crippen LogP contribution in [0.1, 0.15) is 23.0 Å². The summed E-state index contributed by atoms with van der Waals surface area (Å²) in [6, 6.07) is 10.2. The van der Waals surface area contributed by atoms with Crippen LogP contribution >= 0.6 is 0 Å². The second kappa shape index (κ2) is 6.09. The van der Waals surface area contributed by atoms with Crippen molar-refractivity contribution in [3.63, 3.8) is 0 Å². The van der Waals surface area contributed by atoms with E-state index in [1.54, 1.807) is 18.3 Å². The van der Waals surface area contributed by atoms with Gasteiger partial charge in [-0.3, -0.25) is 9.78 Å². The molecule has 3 nitrogen and oxygen atoms in total. The summed E-state index contributed by atoms with van der Waals surface area (Å²) in [7, 11) is 0. The van der Waals surface area contributed by atoms with Crippen LogP contribution in [0.5, 0.6) is 0 Å². The second-order valence-electron chi connectivity index (χ2n) is 4.16. The minimum Gasteiger partial charge on any atom is -0.364 e. The molecular formula is C15H15FN2O. The molecular weight excluding hydrogens is 243 g/mol. The Kier molecular flexibility index (Phi) is 4.23. The van der Waals surface area contributed by atoms with Crippen molar-refractivity contribution in [3.8, 4) is 0 Å². The van der Waals surface area contributed by atoms with Crippen LogP contribution in [0.15, 0.2) is 42.6 Å². The maximum atomic E-state index is 14.0. The van der Waals surface area contributed by atoms with Crippen LogP contribution in [0.3, 0.4) is 0 Å². The number of rotatable bonds is 5. The highest BCUT2D eigenvalue weighted by Gasteiger charge is 2.11. The van der Waals surface area contributed by atoms with Crippen LogP contribution in [-0.2, 0) is 6.54 Å². The van der Waals surface area contributed by atoms with Crippen molar-refractivity contribution in [3.05, 3.63) is 59.7 Å². The molecule has 2 aromatic rings. The zero-order valence-electron chi connectivity index (χ0n) is 10.7. The van der Waals surface area contributed by atoms with Gasteiger partial charge in [0.15, 0.2) is 0 Å². The molecule has 1 aromatic heterocycles. The van der Waals surface area contributed by atoms with E-state index in [1.165, 1.54) is 6.07 Å². The molecule has 0 saturated carbocycles. The van der Waals surface area contributed by atoms with Gasteiger partial charge in [0.2, 0.25) is 0 Å². The fourth-order valence-electron chi connectivity index (χ4n) is 1.91. The standard InChI is InChI=1S/C15H15FN2O/c1-2-18(10-13-5-3-4-8-17-13)15-7-6-12(11-19)9-14(15)16/h3-9,11H,2,10H2,1H3. The van der Waals surface area contributed by atoms with Crippen LogP contribution in [0.4, 0.5) is 10.1 Å². The van der Waals surface area contributed by atoms with Crippen LogP contribution < -0.4 is 4.90 Å². The van der Waals surface area contributed by atoms with Gasteiger partial charge < -0.3 is 4.90 Å². The first-order valence-corrected chi connectivity index (χ1v) is 6.14. The Morgan fingerprint density at radius 3 is 2.74 bits per heavy atom. The second-order valence-corrected chi connectivity index (χ2v) is 4.16. The molecule has 0 saturated heterocycles. The average molecular weight is 258 g/mol. The molecule has 0 radical (unpaired) electrons. The summed E-state index contributed by atoms with van der Waals surface area (Å²) in [4.78, 5) is 16.7. The van der Waals surface area contributed by atoms with E-state index in [-0.39, 0.29) is 5.82 Å². The Hall–Kier alpha value is -2.23. The number of halogens is 1. The monoisotopic (exact) mass is 258 g/mol. The van der Waals surface area contributed by atoms with Gasteiger partial charge >= 0.3 is 0 Å². The van der Waals surface area contributed by atoms with Crippen molar-refractivity contribution < 1.29 is 9.18 Å². The van der Waals surface area contributed by atoms with Crippen molar-refractivity contribution in [2.75, 3.05) is 11.4 Å². The van der Waals surface area contributed by atoms with Crippen molar-refractivity contribution in [1.82, 2.24) is 4.98 Å². The summed E-state index contributed by atoms with van der Waals surface area (Å²) in [5.41, 5.74) is 1.71. The van der Waals surface area contributed by atoms with Gasteiger partial charge in [0.25, 0.3) is 0 Å². The number of aldehydes is 1. The highest BCUT2D eigenvalue weighted by Crippen LogP contribution is 2.21. The van der Waals surface area contributed by atoms with E-state index < -0.39 is 0 Å². The maximum absolute atomic E-state index is 14.0. The van der Waals surface area contributed by atoms with E-state index in [4.69, 9.17) is 0 Å². The van der Waals surface area contributed by atoms with Crippen molar-refractivity contribution in [2.24, 2.45) is 0 Å². The summed E-state index contributed by atoms with van der Waals surface area (Å²) in [5.74, 6) is -0.387. The molecule has 0 aliphatic carbocycles. The maximum Gasteiger partial charge on any atom is 0.150 e. The lowest BCUT2D eigenvalue weighted by molar-refractivity contribution is 0.112. The average Bonchev–Trinajstić information content (AvgIpc) is 2.46. The Labute approximate surface area is 111 Å². The first kappa shape index (κ1) is 13.2. The molecule has 19 heavy (non-hydrogen) atoms. The summed E-state index contributed by atoms with van der Waals surface area (Å²) >= 11 is 0. The van der Waals surface area contributed by atoms with E-state index in [0.29, 0.717) is 30.6 Å². The first-order chi connectivity index (χ1) is 9.24. The van der Waals surface area contributed by atoms with E-state index in [0.717, 1.165) is 5.69 Å². The van der Waals surface area contributed by atoms with E-state index >= 15 is 0 Å². The molecule has 0 N–H and O–H groups in total. The predicted molar refractivity (Wildman–Crippen MR) is 72.7 cm³/mol. The highest BCUT2D eigenvalue weighted by atomic mass is 19.1. The number of hydrogen-bond acceptors (Lipinski definition) is 3. The molecule has 1 aromatic carbocycles. The molecule has 0 amide bonds. The lowest BCUT2D eigenvalue weighted by Crippen LogP contribution is -2.23. The molecule has 0 aliphatic heterocycles. The molecule has 4 heteroatoms. The number of nitrogens with zero attached hydrogens (tertiary/aromatic N) is 2. The molecule has 0 atom stereocenters. The Morgan fingerprint density at radius 2 is 2.16 bits per heavy atom. The number of benzene rings is 1. The summed E-state index contributed by atoms with van der Waals surface area (Å²) in [6.07, 6.45) is 2.36. The van der Waals surface area contributed by atoms with Gasteiger partial charge in [-0.2, -0.15) is 0 Å². The molecule has 98 valence electrons. The summed E-state index contributed by atoms with van der Waals surface area (Å²) < 4.78 is 14.0. The summed E-state index contributed by atoms with van der Waals surface area (Å²) in [5, 5.41) is 0. The van der Waals surface area contributed by atoms with Gasteiger partial charge in [-0.05, 0) is 37.3 Å². The zero-order chi connectivity index (χ0) is 13.7. The highest BCUT2D eigenvalue weighted by molar-refractivity contribution is 5.76. The predicted octanol–water partition coefficient (Wildman–Crippen LogP) is 3.06. The number of hydrogen-bond donors (Lipinski definition) is 0. The molecule has 0 bridgehead atoms. The minimum absolute atomic E-state index is 0.343. The van der Waals surface area contributed by atoms with Gasteiger partial charge in [0, 0.05) is 18.3 Å². The molecule has 0 spiro atoms. The Bertz CT molecular complexity index is 557. The number of aromatic nitrogens is 1. The Morgan fingerprint density at radius 1 is 1.32 bits per heavy atom. The molecule has 0 unspecified atom stereocenters. The molecule has 0 fully saturated rings. The van der Waals surface area contributed by atoms with Gasteiger partial charge in [-0.1, -0.05) is 6.07 Å². The van der Waals surface area contributed by atoms with Crippen molar-refractivity contribution in [1.29, 1.82) is 0 Å². The van der Waals surface area contributed by atoms with Gasteiger partial charge in [0.1, 0.15) is 12.1 Å². The molecule has 2 rings (SSSR count). The van der Waals surface area contributed by atoms with E-state index in [1.807, 2.05) is 30.0 Å². The van der Waals surface area contributed by atoms with Crippen LogP contribution in [-0.4, -0.2) is 17.8 Å². The van der Waals surface area contributed by atoms with Gasteiger partial charge in [-0.15, -0.1) is 0 Å². The minimum atomic E-state index is -0.387. The number of pyridine rings is 1. The largest absolute Gasteiger partial charge is 0.364 e. The topological polar surface area (TPSA) is 33.2 Å². The Balaban J connectivity index is 2.24. The fourth-order valence-corrected chi connectivity index (χ4v) is 1.91. The van der Waals surface area contributed by atoms with Crippen LogP contribution in [0, 0.1) is 5.82 Å². The van der Waals surface area contributed by atoms with E-state index in [2.05, 4.69) is 4.98 Å². The lowest BCUT2D eigenvalue weighted by Gasteiger charge is -2.23. The quantitative estimate of drug-likeness (QED) is 0.773. The smallest absolute Gasteiger partial charge is 0.150 e. The fraction of sp³-hybridized carbons (Fsp3) is 0.200. The van der Waals surface area contributed by atoms with Gasteiger partial charge in [-0.25, -0.2) is 4.39 Å². The van der Waals surface area contributed by atoms with Crippen molar-refractivity contribution in [2.45, 2.75) is 13.5 Å². The lowest BCUT2D eigenvalue weighted by atomic mass is 10.2. The first-order valence-electron chi connectivity index (χ1n) is 6.14. The van der Waals surface area contributed by atoms with Crippen molar-refractivity contribution >= 4 is 12.0 Å².